The number of aliphatic hydroxyl groups is 1. The normalized spacial score (nSPS) is 11.5. The second kappa shape index (κ2) is 5.72. The van der Waals surface area contributed by atoms with Gasteiger partial charge in [-0.1, -0.05) is 6.07 Å². The molecule has 0 saturated carbocycles. The molecule has 0 spiro atoms. The van der Waals surface area contributed by atoms with Crippen molar-refractivity contribution in [2.75, 3.05) is 20.3 Å². The van der Waals surface area contributed by atoms with Gasteiger partial charge in [-0.2, -0.15) is 0 Å². The third-order valence-electron chi connectivity index (χ3n) is 1.91. The molecule has 0 unspecified atom stereocenters. The van der Waals surface area contributed by atoms with Gasteiger partial charge in [0.1, 0.15) is 6.61 Å². The fourth-order valence-electron chi connectivity index (χ4n) is 1.10. The molecule has 0 saturated heterocycles. The molecule has 4 nitrogen and oxygen atoms in total. The third-order valence-corrected chi connectivity index (χ3v) is 1.91. The molecule has 1 heterocycles. The minimum atomic E-state index is -3.10. The van der Waals surface area contributed by atoms with Crippen LogP contribution in [-0.2, 0) is 6.54 Å². The number of nitrogens with zero attached hydrogens (tertiary/aromatic N) is 1. The Morgan fingerprint density at radius 1 is 1.50 bits per heavy atom. The first-order chi connectivity index (χ1) is 7.57. The Morgan fingerprint density at radius 3 is 2.88 bits per heavy atom. The van der Waals surface area contributed by atoms with Gasteiger partial charge in [0.25, 0.3) is 5.92 Å². The molecule has 0 aliphatic heterocycles. The van der Waals surface area contributed by atoms with Crippen molar-refractivity contribution in [3.63, 3.8) is 0 Å². The number of halogens is 2. The summed E-state index contributed by atoms with van der Waals surface area (Å²) >= 11 is 0. The van der Waals surface area contributed by atoms with Crippen LogP contribution in [0.3, 0.4) is 0 Å². The zero-order valence-electron chi connectivity index (χ0n) is 8.91. The number of rotatable bonds is 6. The van der Waals surface area contributed by atoms with Crippen LogP contribution >= 0.6 is 0 Å². The molecule has 0 bridgehead atoms. The molecule has 6 heteroatoms. The van der Waals surface area contributed by atoms with Crippen molar-refractivity contribution < 1.29 is 18.6 Å². The maximum atomic E-state index is 12.6. The van der Waals surface area contributed by atoms with E-state index >= 15 is 0 Å². The van der Waals surface area contributed by atoms with E-state index in [-0.39, 0.29) is 6.54 Å². The second-order valence-corrected chi connectivity index (χ2v) is 3.29. The zero-order valence-corrected chi connectivity index (χ0v) is 8.91. The Bertz CT molecular complexity index is 334. The van der Waals surface area contributed by atoms with E-state index in [0.29, 0.717) is 11.6 Å². The first-order valence-corrected chi connectivity index (χ1v) is 4.77. The molecule has 0 radical (unpaired) electrons. The summed E-state index contributed by atoms with van der Waals surface area (Å²) in [4.78, 5) is 4.04. The Labute approximate surface area is 92.3 Å². The number of methoxy groups -OCH3 is 1. The number of aromatic nitrogens is 1. The topological polar surface area (TPSA) is 54.4 Å². The molecular weight excluding hydrogens is 218 g/mol. The lowest BCUT2D eigenvalue weighted by molar-refractivity contribution is -0.0478. The highest BCUT2D eigenvalue weighted by atomic mass is 19.3. The number of hydrogen-bond acceptors (Lipinski definition) is 4. The van der Waals surface area contributed by atoms with Crippen molar-refractivity contribution in [2.45, 2.75) is 12.5 Å². The summed E-state index contributed by atoms with van der Waals surface area (Å²) in [5.74, 6) is -2.66. The van der Waals surface area contributed by atoms with Crippen molar-refractivity contribution in [2.24, 2.45) is 0 Å². The number of aliphatic hydroxyl groups excluding tert-OH is 1. The minimum Gasteiger partial charge on any atom is -0.481 e. The van der Waals surface area contributed by atoms with Crippen LogP contribution in [0.25, 0.3) is 0 Å². The largest absolute Gasteiger partial charge is 0.481 e. The molecule has 2 N–H and O–H groups in total. The SMILES string of the molecule is COc1cccc(CNCC(F)(F)CO)n1. The number of nitrogens with one attached hydrogen (secondary N) is 1. The fourth-order valence-corrected chi connectivity index (χ4v) is 1.10. The quantitative estimate of drug-likeness (QED) is 0.762. The van der Waals surface area contributed by atoms with Crippen LogP contribution in [0.15, 0.2) is 18.2 Å². The van der Waals surface area contributed by atoms with Crippen LogP contribution in [0.5, 0.6) is 5.88 Å². The summed E-state index contributed by atoms with van der Waals surface area (Å²) in [5.41, 5.74) is 0.605. The highest BCUT2D eigenvalue weighted by Crippen LogP contribution is 2.10. The van der Waals surface area contributed by atoms with Crippen LogP contribution in [0.1, 0.15) is 5.69 Å². The average molecular weight is 232 g/mol. The van der Waals surface area contributed by atoms with E-state index in [0.717, 1.165) is 0 Å². The summed E-state index contributed by atoms with van der Waals surface area (Å²) in [6, 6.07) is 5.10. The lowest BCUT2D eigenvalue weighted by Crippen LogP contribution is -2.35. The van der Waals surface area contributed by atoms with Crippen LogP contribution < -0.4 is 10.1 Å². The summed E-state index contributed by atoms with van der Waals surface area (Å²) in [6.45, 7) is -1.54. The lowest BCUT2D eigenvalue weighted by atomic mass is 10.3. The van der Waals surface area contributed by atoms with Crippen molar-refractivity contribution >= 4 is 0 Å². The van der Waals surface area contributed by atoms with E-state index in [1.54, 1.807) is 18.2 Å². The number of hydrogen-bond donors (Lipinski definition) is 2. The summed E-state index contributed by atoms with van der Waals surface area (Å²) in [5, 5.41) is 10.9. The van der Waals surface area contributed by atoms with E-state index < -0.39 is 19.1 Å². The van der Waals surface area contributed by atoms with Crippen molar-refractivity contribution in [3.05, 3.63) is 23.9 Å². The Kier molecular flexibility index (Phi) is 4.57. The maximum Gasteiger partial charge on any atom is 0.282 e. The summed E-state index contributed by atoms with van der Waals surface area (Å²) < 4.78 is 30.2. The minimum absolute atomic E-state index is 0.201. The number of alkyl halides is 2. The molecule has 16 heavy (non-hydrogen) atoms. The smallest absolute Gasteiger partial charge is 0.282 e. The van der Waals surface area contributed by atoms with Crippen LogP contribution in [0, 0.1) is 0 Å². The third kappa shape index (κ3) is 4.08. The molecule has 0 amide bonds. The second-order valence-electron chi connectivity index (χ2n) is 3.29. The Morgan fingerprint density at radius 2 is 2.25 bits per heavy atom. The van der Waals surface area contributed by atoms with Gasteiger partial charge in [0.2, 0.25) is 5.88 Å². The van der Waals surface area contributed by atoms with Crippen LogP contribution in [-0.4, -0.2) is 36.3 Å². The predicted molar refractivity (Wildman–Crippen MR) is 54.5 cm³/mol. The molecule has 0 aliphatic rings. The van der Waals surface area contributed by atoms with Gasteiger partial charge in [-0.05, 0) is 6.07 Å². The van der Waals surface area contributed by atoms with E-state index in [1.165, 1.54) is 7.11 Å². The predicted octanol–water partition coefficient (Wildman–Crippen LogP) is 0.807. The van der Waals surface area contributed by atoms with Gasteiger partial charge in [0.05, 0.1) is 19.3 Å². The first kappa shape index (κ1) is 12.8. The fraction of sp³-hybridized carbons (Fsp3) is 0.500. The lowest BCUT2D eigenvalue weighted by Gasteiger charge is -2.13. The molecule has 1 rings (SSSR count). The van der Waals surface area contributed by atoms with Gasteiger partial charge in [0.15, 0.2) is 0 Å². The molecule has 0 aromatic carbocycles. The van der Waals surface area contributed by atoms with E-state index in [1.807, 2.05) is 0 Å². The molecule has 1 aromatic heterocycles. The van der Waals surface area contributed by atoms with Gasteiger partial charge in [-0.3, -0.25) is 0 Å². The summed E-state index contributed by atoms with van der Waals surface area (Å²) in [6.07, 6.45) is 0. The first-order valence-electron chi connectivity index (χ1n) is 4.77. The highest BCUT2D eigenvalue weighted by molar-refractivity contribution is 5.15. The Hall–Kier alpha value is -1.27. The van der Waals surface area contributed by atoms with Crippen molar-refractivity contribution in [3.8, 4) is 5.88 Å². The Balaban J connectivity index is 2.42. The summed E-state index contributed by atoms with van der Waals surface area (Å²) in [7, 11) is 1.49. The molecule has 1 aromatic rings. The number of ether oxygens (including phenoxy) is 1. The van der Waals surface area contributed by atoms with Crippen molar-refractivity contribution in [1.29, 1.82) is 0 Å². The molecule has 90 valence electrons. The van der Waals surface area contributed by atoms with Gasteiger partial charge in [-0.15, -0.1) is 0 Å². The van der Waals surface area contributed by atoms with E-state index in [9.17, 15) is 8.78 Å². The standard InChI is InChI=1S/C10H14F2N2O2/c1-16-9-4-2-3-8(14-9)5-13-6-10(11,12)7-15/h2-4,13,15H,5-7H2,1H3. The maximum absolute atomic E-state index is 12.6. The highest BCUT2D eigenvalue weighted by Gasteiger charge is 2.26. The van der Waals surface area contributed by atoms with Gasteiger partial charge in [-0.25, -0.2) is 13.8 Å². The molecular formula is C10H14F2N2O2. The molecule has 0 fully saturated rings. The molecule has 0 atom stereocenters. The van der Waals surface area contributed by atoms with Crippen LogP contribution in [0.4, 0.5) is 8.78 Å². The van der Waals surface area contributed by atoms with E-state index in [4.69, 9.17) is 9.84 Å². The monoisotopic (exact) mass is 232 g/mol. The van der Waals surface area contributed by atoms with Gasteiger partial charge < -0.3 is 15.2 Å². The van der Waals surface area contributed by atoms with Crippen molar-refractivity contribution in [1.82, 2.24) is 10.3 Å². The van der Waals surface area contributed by atoms with Gasteiger partial charge >= 0.3 is 0 Å². The molecule has 0 aliphatic carbocycles. The van der Waals surface area contributed by atoms with Crippen LogP contribution in [0.2, 0.25) is 0 Å². The number of pyridine rings is 1. The van der Waals surface area contributed by atoms with E-state index in [2.05, 4.69) is 10.3 Å². The average Bonchev–Trinajstić information content (AvgIpc) is 2.29. The van der Waals surface area contributed by atoms with Gasteiger partial charge in [0, 0.05) is 12.6 Å². The zero-order chi connectivity index (χ0) is 12.0.